The molecule has 0 aromatic carbocycles. The minimum absolute atomic E-state index is 0.123. The number of nitrogen functional groups attached to an aromatic ring is 1. The van der Waals surface area contributed by atoms with Crippen LogP contribution in [0.25, 0.3) is 11.2 Å². The Hall–Kier alpha value is -1.85. The van der Waals surface area contributed by atoms with Crippen molar-refractivity contribution >= 4 is 17.1 Å². The van der Waals surface area contributed by atoms with Crippen LogP contribution in [-0.2, 0) is 6.54 Å². The van der Waals surface area contributed by atoms with Gasteiger partial charge in [-0.3, -0.25) is 0 Å². The van der Waals surface area contributed by atoms with E-state index in [1.165, 1.54) is 0 Å². The molecule has 110 valence electrons. The van der Waals surface area contributed by atoms with Gasteiger partial charge >= 0.3 is 0 Å². The van der Waals surface area contributed by atoms with Gasteiger partial charge in [-0.2, -0.15) is 9.97 Å². The number of rotatable bonds is 2. The standard InChI is InChI=1S/C14H23N5O/c1-13(2,3)7-19-8-16-9-10(19)17-12(15)18-11(9)20-14(4,5)6/h8H,7H2,1-6H3,(H2,15,17,18). The van der Waals surface area contributed by atoms with Crippen molar-refractivity contribution in [1.29, 1.82) is 0 Å². The highest BCUT2D eigenvalue weighted by Gasteiger charge is 2.21. The van der Waals surface area contributed by atoms with E-state index in [1.54, 1.807) is 6.33 Å². The second-order valence-corrected chi connectivity index (χ2v) is 7.21. The Balaban J connectivity index is 2.51. The van der Waals surface area contributed by atoms with Gasteiger partial charge in [0.25, 0.3) is 0 Å². The van der Waals surface area contributed by atoms with Gasteiger partial charge in [0.05, 0.1) is 6.33 Å². The van der Waals surface area contributed by atoms with Crippen LogP contribution < -0.4 is 10.5 Å². The minimum Gasteiger partial charge on any atom is -0.470 e. The SMILES string of the molecule is CC(C)(C)Cn1cnc2c(OC(C)(C)C)nc(N)nc21. The number of imidazole rings is 1. The molecule has 6 nitrogen and oxygen atoms in total. The van der Waals surface area contributed by atoms with Crippen LogP contribution in [0.5, 0.6) is 5.88 Å². The van der Waals surface area contributed by atoms with Crippen LogP contribution >= 0.6 is 0 Å². The van der Waals surface area contributed by atoms with E-state index in [0.29, 0.717) is 17.0 Å². The molecule has 0 saturated carbocycles. The Labute approximate surface area is 119 Å². The zero-order valence-corrected chi connectivity index (χ0v) is 13.1. The molecule has 0 aliphatic rings. The van der Waals surface area contributed by atoms with Gasteiger partial charge in [0, 0.05) is 6.54 Å². The maximum Gasteiger partial charge on any atom is 0.247 e. The second kappa shape index (κ2) is 4.61. The Kier molecular flexibility index (Phi) is 3.36. The summed E-state index contributed by atoms with van der Waals surface area (Å²) in [6, 6.07) is 0. The van der Waals surface area contributed by atoms with Gasteiger partial charge in [-0.25, -0.2) is 4.98 Å². The summed E-state index contributed by atoms with van der Waals surface area (Å²) in [5.74, 6) is 0.639. The molecule has 0 radical (unpaired) electrons. The van der Waals surface area contributed by atoms with Gasteiger partial charge in [0.2, 0.25) is 11.8 Å². The van der Waals surface area contributed by atoms with Crippen molar-refractivity contribution in [3.05, 3.63) is 6.33 Å². The highest BCUT2D eigenvalue weighted by molar-refractivity contribution is 5.77. The Bertz CT molecular complexity index is 619. The lowest BCUT2D eigenvalue weighted by Crippen LogP contribution is -2.24. The van der Waals surface area contributed by atoms with E-state index in [4.69, 9.17) is 10.5 Å². The molecule has 2 heterocycles. The normalized spacial score (nSPS) is 12.9. The van der Waals surface area contributed by atoms with Crippen LogP contribution in [0.4, 0.5) is 5.95 Å². The minimum atomic E-state index is -0.360. The van der Waals surface area contributed by atoms with E-state index in [9.17, 15) is 0 Å². The molecular weight excluding hydrogens is 254 g/mol. The largest absolute Gasteiger partial charge is 0.470 e. The third-order valence-corrected chi connectivity index (χ3v) is 2.50. The lowest BCUT2D eigenvalue weighted by molar-refractivity contribution is 0.126. The number of fused-ring (bicyclic) bond motifs is 1. The maximum absolute atomic E-state index is 5.83. The number of hydrogen-bond donors (Lipinski definition) is 1. The van der Waals surface area contributed by atoms with Crippen molar-refractivity contribution in [2.24, 2.45) is 5.41 Å². The third-order valence-electron chi connectivity index (χ3n) is 2.50. The molecule has 2 N–H and O–H groups in total. The van der Waals surface area contributed by atoms with Gasteiger partial charge in [-0.15, -0.1) is 0 Å². The quantitative estimate of drug-likeness (QED) is 0.912. The lowest BCUT2D eigenvalue weighted by atomic mass is 9.97. The average molecular weight is 277 g/mol. The Morgan fingerprint density at radius 2 is 1.80 bits per heavy atom. The summed E-state index contributed by atoms with van der Waals surface area (Å²) in [5, 5.41) is 0. The summed E-state index contributed by atoms with van der Waals surface area (Å²) in [7, 11) is 0. The van der Waals surface area contributed by atoms with E-state index < -0.39 is 0 Å². The highest BCUT2D eigenvalue weighted by atomic mass is 16.5. The zero-order valence-electron chi connectivity index (χ0n) is 13.1. The Morgan fingerprint density at radius 3 is 2.35 bits per heavy atom. The monoisotopic (exact) mass is 277 g/mol. The van der Waals surface area contributed by atoms with Crippen molar-refractivity contribution < 1.29 is 4.74 Å². The summed E-state index contributed by atoms with van der Waals surface area (Å²) < 4.78 is 7.82. The van der Waals surface area contributed by atoms with Crippen LogP contribution in [-0.4, -0.2) is 25.1 Å². The van der Waals surface area contributed by atoms with Crippen LogP contribution in [0, 0.1) is 5.41 Å². The lowest BCUT2D eigenvalue weighted by Gasteiger charge is -2.21. The second-order valence-electron chi connectivity index (χ2n) is 7.21. The van der Waals surface area contributed by atoms with E-state index in [0.717, 1.165) is 6.54 Å². The first-order valence-corrected chi connectivity index (χ1v) is 6.72. The van der Waals surface area contributed by atoms with Crippen molar-refractivity contribution in [2.75, 3.05) is 5.73 Å². The molecule has 0 amide bonds. The molecule has 2 rings (SSSR count). The molecule has 0 aliphatic heterocycles. The van der Waals surface area contributed by atoms with Gasteiger partial charge in [0.15, 0.2) is 11.2 Å². The van der Waals surface area contributed by atoms with E-state index in [1.807, 2.05) is 25.3 Å². The maximum atomic E-state index is 5.83. The number of hydrogen-bond acceptors (Lipinski definition) is 5. The van der Waals surface area contributed by atoms with Gasteiger partial charge < -0.3 is 15.0 Å². The van der Waals surface area contributed by atoms with Crippen molar-refractivity contribution in [1.82, 2.24) is 19.5 Å². The van der Waals surface area contributed by atoms with Crippen LogP contribution in [0.3, 0.4) is 0 Å². The summed E-state index contributed by atoms with van der Waals surface area (Å²) in [6.45, 7) is 13.2. The predicted octanol–water partition coefficient (Wildman–Crippen LogP) is 2.63. The fourth-order valence-electron chi connectivity index (χ4n) is 1.92. The molecule has 0 bridgehead atoms. The van der Waals surface area contributed by atoms with Crippen LogP contribution in [0.15, 0.2) is 6.33 Å². The number of ether oxygens (including phenoxy) is 1. The number of anilines is 1. The smallest absolute Gasteiger partial charge is 0.247 e. The molecule has 0 atom stereocenters. The molecule has 0 spiro atoms. The third kappa shape index (κ3) is 3.37. The molecule has 20 heavy (non-hydrogen) atoms. The number of aromatic nitrogens is 4. The molecule has 6 heteroatoms. The van der Waals surface area contributed by atoms with E-state index in [-0.39, 0.29) is 17.0 Å². The highest BCUT2D eigenvalue weighted by Crippen LogP contribution is 2.27. The first-order valence-electron chi connectivity index (χ1n) is 6.72. The Morgan fingerprint density at radius 1 is 1.15 bits per heavy atom. The number of nitrogens with two attached hydrogens (primary N) is 1. The zero-order chi connectivity index (χ0) is 15.1. The van der Waals surface area contributed by atoms with Gasteiger partial charge in [0.1, 0.15) is 5.60 Å². The van der Waals surface area contributed by atoms with Crippen molar-refractivity contribution in [3.63, 3.8) is 0 Å². The van der Waals surface area contributed by atoms with Crippen LogP contribution in [0.1, 0.15) is 41.5 Å². The molecule has 2 aromatic heterocycles. The summed E-state index contributed by atoms with van der Waals surface area (Å²) in [6.07, 6.45) is 1.76. The van der Waals surface area contributed by atoms with Gasteiger partial charge in [-0.1, -0.05) is 20.8 Å². The van der Waals surface area contributed by atoms with E-state index >= 15 is 0 Å². The topological polar surface area (TPSA) is 78.8 Å². The summed E-state index contributed by atoms with van der Waals surface area (Å²) in [4.78, 5) is 12.8. The molecule has 0 unspecified atom stereocenters. The van der Waals surface area contributed by atoms with Crippen molar-refractivity contribution in [2.45, 2.75) is 53.7 Å². The first-order chi connectivity index (χ1) is 9.05. The van der Waals surface area contributed by atoms with E-state index in [2.05, 4.69) is 35.7 Å². The first kappa shape index (κ1) is 14.6. The molecule has 0 aliphatic carbocycles. The molecule has 0 fully saturated rings. The van der Waals surface area contributed by atoms with Crippen LogP contribution in [0.2, 0.25) is 0 Å². The summed E-state index contributed by atoms with van der Waals surface area (Å²) in [5.41, 5.74) is 6.92. The molecule has 2 aromatic rings. The van der Waals surface area contributed by atoms with Gasteiger partial charge in [-0.05, 0) is 26.2 Å². The average Bonchev–Trinajstić information content (AvgIpc) is 2.56. The summed E-state index contributed by atoms with van der Waals surface area (Å²) >= 11 is 0. The number of nitrogens with zero attached hydrogens (tertiary/aromatic N) is 4. The fraction of sp³-hybridized carbons (Fsp3) is 0.643. The molecule has 0 saturated heterocycles. The predicted molar refractivity (Wildman–Crippen MR) is 79.6 cm³/mol. The fourth-order valence-corrected chi connectivity index (χ4v) is 1.92. The molecular formula is C14H23N5O. The van der Waals surface area contributed by atoms with Crippen molar-refractivity contribution in [3.8, 4) is 5.88 Å².